The Hall–Kier alpha value is -2.54. The molecule has 0 N–H and O–H groups in total. The lowest BCUT2D eigenvalue weighted by molar-refractivity contribution is 0.211. The van der Waals surface area contributed by atoms with Crippen molar-refractivity contribution >= 4 is 11.0 Å². The standard InChI is InChI=1S/C23H27FN4O2/c1-15-18(23(29)28-10-3-2-4-21(28)25-15)9-13-27-11-7-16(8-12-27)22-19-6-5-17(24)14-20(19)30-26-22/h5-6,14,16H,2-4,7-13H2,1H3/i1D3,7D2,8D2,11D2,12D2,16D. The number of hydrogen-bond acceptors (Lipinski definition) is 5. The summed E-state index contributed by atoms with van der Waals surface area (Å²) in [4.78, 5) is 17.8. The quantitative estimate of drug-likeness (QED) is 0.643. The van der Waals surface area contributed by atoms with Crippen LogP contribution >= 0.6 is 0 Å². The topological polar surface area (TPSA) is 64.2 Å². The normalized spacial score (nSPS) is 32.2. The van der Waals surface area contributed by atoms with Crippen LogP contribution in [0.5, 0.6) is 0 Å². The van der Waals surface area contributed by atoms with Crippen LogP contribution in [-0.2, 0) is 19.4 Å². The van der Waals surface area contributed by atoms with E-state index in [1.807, 2.05) is 0 Å². The second-order valence-electron chi connectivity index (χ2n) is 7.19. The molecule has 2 aromatic heterocycles. The Bertz CT molecular complexity index is 1590. The molecular weight excluding hydrogens is 383 g/mol. The van der Waals surface area contributed by atoms with Gasteiger partial charge in [0.05, 0.1) is 5.69 Å². The van der Waals surface area contributed by atoms with E-state index in [1.54, 1.807) is 0 Å². The van der Waals surface area contributed by atoms with Gasteiger partial charge < -0.3 is 9.42 Å². The van der Waals surface area contributed by atoms with E-state index in [0.717, 1.165) is 18.2 Å². The second kappa shape index (κ2) is 7.95. The van der Waals surface area contributed by atoms with Gasteiger partial charge in [0.15, 0.2) is 5.58 Å². The van der Waals surface area contributed by atoms with Gasteiger partial charge in [-0.05, 0) is 64.0 Å². The maximum absolute atomic E-state index is 13.8. The predicted molar refractivity (Wildman–Crippen MR) is 112 cm³/mol. The molecule has 7 heteroatoms. The summed E-state index contributed by atoms with van der Waals surface area (Å²) in [5.74, 6) is -3.85. The summed E-state index contributed by atoms with van der Waals surface area (Å²) in [7, 11) is 0. The highest BCUT2D eigenvalue weighted by atomic mass is 19.1. The molecule has 1 fully saturated rings. The highest BCUT2D eigenvalue weighted by Crippen LogP contribution is 2.32. The van der Waals surface area contributed by atoms with Gasteiger partial charge in [0, 0.05) is 64.6 Å². The van der Waals surface area contributed by atoms with Crippen molar-refractivity contribution in [2.45, 2.75) is 57.7 Å². The third-order valence-corrected chi connectivity index (χ3v) is 5.26. The van der Waals surface area contributed by atoms with Crippen molar-refractivity contribution < 1.29 is 25.4 Å². The molecule has 0 spiro atoms. The van der Waals surface area contributed by atoms with E-state index in [9.17, 15) is 9.18 Å². The fourth-order valence-electron chi connectivity index (χ4n) is 3.69. The van der Waals surface area contributed by atoms with E-state index in [1.165, 1.54) is 4.57 Å². The minimum absolute atomic E-state index is 0.199. The zero-order chi connectivity index (χ0) is 31.3. The second-order valence-corrected chi connectivity index (χ2v) is 7.19. The Labute approximate surface area is 191 Å². The molecule has 0 bridgehead atoms. The summed E-state index contributed by atoms with van der Waals surface area (Å²) in [5, 5.41) is 3.39. The van der Waals surface area contributed by atoms with Gasteiger partial charge in [-0.2, -0.15) is 0 Å². The minimum atomic E-state index is -3.54. The summed E-state index contributed by atoms with van der Waals surface area (Å²) in [5.41, 5.74) is -2.58. The molecule has 2 aliphatic heterocycles. The van der Waals surface area contributed by atoms with E-state index in [2.05, 4.69) is 10.1 Å². The van der Waals surface area contributed by atoms with Crippen molar-refractivity contribution in [3.05, 3.63) is 57.1 Å². The Morgan fingerprint density at radius 3 is 3.07 bits per heavy atom. The molecule has 30 heavy (non-hydrogen) atoms. The maximum atomic E-state index is 13.8. The highest BCUT2D eigenvalue weighted by Gasteiger charge is 2.25. The largest absolute Gasteiger partial charge is 0.356 e. The molecule has 3 aromatic rings. The zero-order valence-electron chi connectivity index (χ0n) is 28.0. The van der Waals surface area contributed by atoms with E-state index < -0.39 is 74.2 Å². The number of benzene rings is 1. The smallest absolute Gasteiger partial charge is 0.256 e. The average Bonchev–Trinajstić information content (AvgIpc) is 3.30. The van der Waals surface area contributed by atoms with Crippen LogP contribution in [0.4, 0.5) is 4.39 Å². The van der Waals surface area contributed by atoms with Crippen LogP contribution in [0, 0.1) is 12.7 Å². The summed E-state index contributed by atoms with van der Waals surface area (Å²) >= 11 is 0. The van der Waals surface area contributed by atoms with Crippen LogP contribution in [0.1, 0.15) is 70.7 Å². The molecule has 4 heterocycles. The van der Waals surface area contributed by atoms with E-state index in [4.69, 9.17) is 21.0 Å². The number of likely N-dealkylation sites (tertiary alicyclic amines) is 1. The van der Waals surface area contributed by atoms with E-state index in [-0.39, 0.29) is 33.8 Å². The summed E-state index contributed by atoms with van der Waals surface area (Å²) in [6.07, 6.45) is -5.94. The van der Waals surface area contributed by atoms with Crippen LogP contribution in [0.15, 0.2) is 27.5 Å². The fraction of sp³-hybridized carbons (Fsp3) is 0.522. The Morgan fingerprint density at radius 1 is 1.37 bits per heavy atom. The zero-order valence-corrected chi connectivity index (χ0v) is 16.0. The third-order valence-electron chi connectivity index (χ3n) is 5.26. The maximum Gasteiger partial charge on any atom is 0.256 e. The lowest BCUT2D eigenvalue weighted by Gasteiger charge is -2.31. The fourth-order valence-corrected chi connectivity index (χ4v) is 3.69. The van der Waals surface area contributed by atoms with Gasteiger partial charge in [0.1, 0.15) is 11.6 Å². The monoisotopic (exact) mass is 422 g/mol. The number of aromatic nitrogens is 3. The van der Waals surface area contributed by atoms with Crippen molar-refractivity contribution in [2.24, 2.45) is 0 Å². The molecule has 0 radical (unpaired) electrons. The Morgan fingerprint density at radius 2 is 2.23 bits per heavy atom. The summed E-state index contributed by atoms with van der Waals surface area (Å²) in [6, 6.07) is 2.86. The van der Waals surface area contributed by atoms with Crippen molar-refractivity contribution in [3.8, 4) is 0 Å². The molecule has 0 atom stereocenters. The average molecular weight is 423 g/mol. The van der Waals surface area contributed by atoms with Crippen LogP contribution in [0.25, 0.3) is 11.0 Å². The number of halogens is 1. The van der Waals surface area contributed by atoms with Crippen molar-refractivity contribution in [1.29, 1.82) is 0 Å². The number of fused-ring (bicyclic) bond motifs is 2. The molecule has 6 nitrogen and oxygen atoms in total. The molecule has 2 aliphatic rings. The van der Waals surface area contributed by atoms with Crippen molar-refractivity contribution in [2.75, 3.05) is 19.5 Å². The number of aryl methyl sites for hydroxylation is 2. The third kappa shape index (κ3) is 3.55. The van der Waals surface area contributed by atoms with Gasteiger partial charge in [-0.25, -0.2) is 9.37 Å². The Balaban J connectivity index is 1.62. The van der Waals surface area contributed by atoms with Crippen LogP contribution < -0.4 is 5.56 Å². The van der Waals surface area contributed by atoms with Gasteiger partial charge in [-0.1, -0.05) is 5.16 Å². The predicted octanol–water partition coefficient (Wildman–Crippen LogP) is 3.59. The summed E-state index contributed by atoms with van der Waals surface area (Å²) < 4.78 is 123. The van der Waals surface area contributed by atoms with Gasteiger partial charge in [-0.15, -0.1) is 0 Å². The molecule has 5 rings (SSSR count). The van der Waals surface area contributed by atoms with Gasteiger partial charge in [-0.3, -0.25) is 9.36 Å². The van der Waals surface area contributed by atoms with Gasteiger partial charge in [0.2, 0.25) is 0 Å². The molecule has 0 saturated carbocycles. The molecule has 0 unspecified atom stereocenters. The van der Waals surface area contributed by atoms with E-state index in [0.29, 0.717) is 19.3 Å². The Kier molecular flexibility index (Phi) is 2.70. The number of nitrogens with zero attached hydrogens (tertiary/aromatic N) is 4. The first-order valence-electron chi connectivity index (χ1n) is 15.7. The van der Waals surface area contributed by atoms with Crippen molar-refractivity contribution in [3.63, 3.8) is 0 Å². The lowest BCUT2D eigenvalue weighted by atomic mass is 9.91. The van der Waals surface area contributed by atoms with Crippen molar-refractivity contribution in [1.82, 2.24) is 19.6 Å². The molecule has 1 aromatic carbocycles. The molecule has 1 saturated heterocycles. The summed E-state index contributed by atoms with van der Waals surface area (Å²) in [6.45, 7) is -10.2. The first-order chi connectivity index (χ1) is 19.2. The SMILES string of the molecule is [2H]C([2H])([2H])c1nc2n(c(=O)c1CCN1C([2H])([2H])C([2H])([2H])C([2H])(c3noc4cc(F)ccc34)C([2H])([2H])C1([2H])[2H])CCCC2. The van der Waals surface area contributed by atoms with Crippen LogP contribution in [0.2, 0.25) is 0 Å². The minimum Gasteiger partial charge on any atom is -0.356 e. The van der Waals surface area contributed by atoms with Gasteiger partial charge in [0.25, 0.3) is 5.56 Å². The number of rotatable bonds is 4. The molecule has 0 amide bonds. The number of piperidine rings is 1. The first-order valence-corrected chi connectivity index (χ1v) is 9.67. The van der Waals surface area contributed by atoms with Crippen LogP contribution in [-0.4, -0.2) is 39.1 Å². The van der Waals surface area contributed by atoms with Crippen LogP contribution in [0.3, 0.4) is 0 Å². The first kappa shape index (κ1) is 10.2. The van der Waals surface area contributed by atoms with E-state index >= 15 is 0 Å². The molecule has 0 aliphatic carbocycles. The molecular formula is C23H27FN4O2. The van der Waals surface area contributed by atoms with Gasteiger partial charge >= 0.3 is 0 Å². The highest BCUT2D eigenvalue weighted by molar-refractivity contribution is 5.79. The lowest BCUT2D eigenvalue weighted by Crippen LogP contribution is -2.37. The number of hydrogen-bond donors (Lipinski definition) is 0. The molecule has 158 valence electrons.